The third-order valence-electron chi connectivity index (χ3n) is 3.52. The summed E-state index contributed by atoms with van der Waals surface area (Å²) >= 11 is 1.72. The van der Waals surface area contributed by atoms with Crippen LogP contribution in [0.3, 0.4) is 0 Å². The number of carboxylic acids is 1. The average molecular weight is 282 g/mol. The summed E-state index contributed by atoms with van der Waals surface area (Å²) in [5, 5.41) is 12.3. The van der Waals surface area contributed by atoms with Gasteiger partial charge in [0.25, 0.3) is 0 Å². The lowest BCUT2D eigenvalue weighted by atomic mass is 9.97. The molecule has 1 saturated heterocycles. The topological polar surface area (TPSA) is 53.4 Å². The van der Waals surface area contributed by atoms with Crippen LogP contribution in [0.4, 0.5) is 0 Å². The van der Waals surface area contributed by atoms with E-state index in [1.807, 2.05) is 0 Å². The standard InChI is InChI=1S/C14H22N2O2S/c1-14(2,3)13-15-11(9-19-13)8-16-6-4-10(5-7-16)12(17)18/h9-10H,4-8H2,1-3H3,(H,17,18). The smallest absolute Gasteiger partial charge is 0.306 e. The van der Waals surface area contributed by atoms with Gasteiger partial charge in [0.2, 0.25) is 0 Å². The van der Waals surface area contributed by atoms with Crippen molar-refractivity contribution in [2.45, 2.75) is 45.6 Å². The molecule has 1 aromatic heterocycles. The number of piperidine rings is 1. The van der Waals surface area contributed by atoms with Gasteiger partial charge in [0.1, 0.15) is 0 Å². The number of aliphatic carboxylic acids is 1. The zero-order chi connectivity index (χ0) is 14.0. The molecule has 1 fully saturated rings. The van der Waals surface area contributed by atoms with Gasteiger partial charge in [0.15, 0.2) is 0 Å². The molecule has 0 spiro atoms. The molecule has 0 radical (unpaired) electrons. The number of thiazole rings is 1. The predicted octanol–water partition coefficient (Wildman–Crippen LogP) is 2.74. The van der Waals surface area contributed by atoms with Crippen molar-refractivity contribution < 1.29 is 9.90 Å². The van der Waals surface area contributed by atoms with Gasteiger partial charge in [0, 0.05) is 17.3 Å². The van der Waals surface area contributed by atoms with Crippen molar-refractivity contribution in [2.24, 2.45) is 5.92 Å². The van der Waals surface area contributed by atoms with Crippen molar-refractivity contribution in [2.75, 3.05) is 13.1 Å². The van der Waals surface area contributed by atoms with Crippen LogP contribution in [0.2, 0.25) is 0 Å². The van der Waals surface area contributed by atoms with Gasteiger partial charge in [-0.1, -0.05) is 20.8 Å². The van der Waals surface area contributed by atoms with Gasteiger partial charge in [0.05, 0.1) is 16.6 Å². The fraction of sp³-hybridized carbons (Fsp3) is 0.714. The number of carboxylic acid groups (broad SMARTS) is 1. The predicted molar refractivity (Wildman–Crippen MR) is 76.5 cm³/mol. The van der Waals surface area contributed by atoms with E-state index in [9.17, 15) is 4.79 Å². The lowest BCUT2D eigenvalue weighted by molar-refractivity contribution is -0.143. The van der Waals surface area contributed by atoms with Crippen molar-refractivity contribution in [1.29, 1.82) is 0 Å². The molecule has 1 aromatic rings. The Morgan fingerprint density at radius 1 is 1.47 bits per heavy atom. The van der Waals surface area contributed by atoms with Gasteiger partial charge in [-0.2, -0.15) is 0 Å². The first-order valence-corrected chi connectivity index (χ1v) is 7.64. The van der Waals surface area contributed by atoms with Crippen LogP contribution < -0.4 is 0 Å². The third kappa shape index (κ3) is 3.76. The van der Waals surface area contributed by atoms with E-state index >= 15 is 0 Å². The van der Waals surface area contributed by atoms with E-state index in [0.29, 0.717) is 0 Å². The van der Waals surface area contributed by atoms with Crippen LogP contribution in [0.5, 0.6) is 0 Å². The van der Waals surface area contributed by atoms with Crippen LogP contribution in [-0.4, -0.2) is 34.0 Å². The van der Waals surface area contributed by atoms with Crippen molar-refractivity contribution in [3.05, 3.63) is 16.1 Å². The van der Waals surface area contributed by atoms with Crippen LogP contribution in [0.25, 0.3) is 0 Å². The van der Waals surface area contributed by atoms with Gasteiger partial charge < -0.3 is 5.11 Å². The van der Waals surface area contributed by atoms with Gasteiger partial charge >= 0.3 is 5.97 Å². The maximum absolute atomic E-state index is 10.9. The largest absolute Gasteiger partial charge is 0.481 e. The lowest BCUT2D eigenvalue weighted by Gasteiger charge is -2.29. The Morgan fingerprint density at radius 2 is 2.11 bits per heavy atom. The fourth-order valence-corrected chi connectivity index (χ4v) is 3.19. The third-order valence-corrected chi connectivity index (χ3v) is 4.83. The summed E-state index contributed by atoms with van der Waals surface area (Å²) in [6, 6.07) is 0. The summed E-state index contributed by atoms with van der Waals surface area (Å²) in [6.45, 7) is 9.09. The highest BCUT2D eigenvalue weighted by atomic mass is 32.1. The minimum atomic E-state index is -0.650. The number of rotatable bonds is 3. The Labute approximate surface area is 118 Å². The summed E-state index contributed by atoms with van der Waals surface area (Å²) in [6.07, 6.45) is 1.51. The molecule has 2 rings (SSSR count). The monoisotopic (exact) mass is 282 g/mol. The molecule has 106 valence electrons. The first kappa shape index (κ1) is 14.5. The molecule has 1 aliphatic heterocycles. The minimum Gasteiger partial charge on any atom is -0.481 e. The summed E-state index contributed by atoms with van der Waals surface area (Å²) < 4.78 is 0. The van der Waals surface area contributed by atoms with E-state index in [-0.39, 0.29) is 11.3 Å². The number of likely N-dealkylation sites (tertiary alicyclic amines) is 1. The molecule has 0 saturated carbocycles. The van der Waals surface area contributed by atoms with Crippen LogP contribution in [0.15, 0.2) is 5.38 Å². The van der Waals surface area contributed by atoms with Gasteiger partial charge in [-0.3, -0.25) is 9.69 Å². The minimum absolute atomic E-state index is 0.110. The van der Waals surface area contributed by atoms with Gasteiger partial charge in [-0.05, 0) is 25.9 Å². The number of carbonyl (C=O) groups is 1. The van der Waals surface area contributed by atoms with Crippen LogP contribution in [0.1, 0.15) is 44.3 Å². The number of aromatic nitrogens is 1. The maximum Gasteiger partial charge on any atom is 0.306 e. The number of nitrogens with zero attached hydrogens (tertiary/aromatic N) is 2. The maximum atomic E-state index is 10.9. The molecular weight excluding hydrogens is 260 g/mol. The van der Waals surface area contributed by atoms with E-state index < -0.39 is 5.97 Å². The Kier molecular flexibility index (Phi) is 4.26. The second-order valence-electron chi connectivity index (χ2n) is 6.28. The molecule has 4 nitrogen and oxygen atoms in total. The SMILES string of the molecule is CC(C)(C)c1nc(CN2CCC(C(=O)O)CC2)cs1. The summed E-state index contributed by atoms with van der Waals surface area (Å²) in [5.74, 6) is -0.805. The van der Waals surface area contributed by atoms with Crippen molar-refractivity contribution in [3.63, 3.8) is 0 Å². The molecular formula is C14H22N2O2S. The Balaban J connectivity index is 1.89. The average Bonchev–Trinajstić information content (AvgIpc) is 2.78. The van der Waals surface area contributed by atoms with E-state index in [4.69, 9.17) is 10.1 Å². The number of hydrogen-bond acceptors (Lipinski definition) is 4. The molecule has 0 unspecified atom stereocenters. The normalized spacial score (nSPS) is 18.7. The van der Waals surface area contributed by atoms with Crippen LogP contribution >= 0.6 is 11.3 Å². The zero-order valence-electron chi connectivity index (χ0n) is 11.8. The Hall–Kier alpha value is -0.940. The van der Waals surface area contributed by atoms with Gasteiger partial charge in [-0.15, -0.1) is 11.3 Å². The molecule has 1 aliphatic rings. The first-order valence-electron chi connectivity index (χ1n) is 6.76. The highest BCUT2D eigenvalue weighted by molar-refractivity contribution is 7.09. The van der Waals surface area contributed by atoms with E-state index in [2.05, 4.69) is 31.1 Å². The second kappa shape index (κ2) is 5.59. The van der Waals surface area contributed by atoms with E-state index in [1.54, 1.807) is 11.3 Å². The summed E-state index contributed by atoms with van der Waals surface area (Å²) in [4.78, 5) is 17.9. The molecule has 0 amide bonds. The number of hydrogen-bond donors (Lipinski definition) is 1. The van der Waals surface area contributed by atoms with Crippen LogP contribution in [0, 0.1) is 5.92 Å². The molecule has 2 heterocycles. The Bertz CT molecular complexity index is 443. The molecule has 0 aliphatic carbocycles. The highest BCUT2D eigenvalue weighted by Gasteiger charge is 2.25. The van der Waals surface area contributed by atoms with Crippen molar-refractivity contribution in [1.82, 2.24) is 9.88 Å². The molecule has 1 N–H and O–H groups in total. The van der Waals surface area contributed by atoms with Crippen molar-refractivity contribution >= 4 is 17.3 Å². The van der Waals surface area contributed by atoms with Gasteiger partial charge in [-0.25, -0.2) is 4.98 Å². The fourth-order valence-electron chi connectivity index (χ4n) is 2.29. The quantitative estimate of drug-likeness (QED) is 0.926. The van der Waals surface area contributed by atoms with E-state index in [0.717, 1.165) is 38.2 Å². The van der Waals surface area contributed by atoms with Crippen molar-refractivity contribution in [3.8, 4) is 0 Å². The molecule has 0 bridgehead atoms. The summed E-state index contributed by atoms with van der Waals surface area (Å²) in [5.41, 5.74) is 1.22. The molecule has 0 atom stereocenters. The molecule has 19 heavy (non-hydrogen) atoms. The Morgan fingerprint density at radius 3 is 2.58 bits per heavy atom. The van der Waals surface area contributed by atoms with E-state index in [1.165, 1.54) is 5.01 Å². The highest BCUT2D eigenvalue weighted by Crippen LogP contribution is 2.26. The molecule has 0 aromatic carbocycles. The zero-order valence-corrected chi connectivity index (χ0v) is 12.7. The summed E-state index contributed by atoms with van der Waals surface area (Å²) in [7, 11) is 0. The molecule has 5 heteroatoms. The lowest BCUT2D eigenvalue weighted by Crippen LogP contribution is -2.35. The second-order valence-corrected chi connectivity index (χ2v) is 7.14. The van der Waals surface area contributed by atoms with Crippen LogP contribution in [-0.2, 0) is 16.8 Å². The first-order chi connectivity index (χ1) is 8.86.